The predicted molar refractivity (Wildman–Crippen MR) is 136 cm³/mol. The number of rotatable bonds is 11. The van der Waals surface area contributed by atoms with Crippen LogP contribution in [0.15, 0.2) is 53.0 Å². The first-order valence-corrected chi connectivity index (χ1v) is 13.6. The average Bonchev–Trinajstić information content (AvgIpc) is 2.76. The molecule has 10 heteroatoms. The maximum atomic E-state index is 13.4. The number of para-hydroxylation sites is 1. The maximum absolute atomic E-state index is 13.4. The van der Waals surface area contributed by atoms with E-state index in [2.05, 4.69) is 21.2 Å². The fourth-order valence-corrected chi connectivity index (χ4v) is 4.76. The highest BCUT2D eigenvalue weighted by atomic mass is 79.9. The number of carbonyl (C=O) groups excluding carboxylic acids is 2. The number of amides is 2. The molecule has 33 heavy (non-hydrogen) atoms. The normalized spacial score (nSPS) is 12.2. The number of carbonyl (C=O) groups is 2. The fraction of sp³-hybridized carbons (Fsp3) is 0.391. The number of hydrogen-bond acceptors (Lipinski definition) is 4. The van der Waals surface area contributed by atoms with Crippen LogP contribution in [0.1, 0.15) is 32.3 Å². The number of nitrogens with zero attached hydrogens (tertiary/aromatic N) is 2. The second-order valence-corrected chi connectivity index (χ2v) is 10.9. The van der Waals surface area contributed by atoms with Gasteiger partial charge < -0.3 is 10.2 Å². The molecule has 1 N–H and O–H groups in total. The first-order chi connectivity index (χ1) is 15.5. The number of unbranched alkanes of at least 4 members (excludes halogenated alkanes) is 1. The van der Waals surface area contributed by atoms with Crippen LogP contribution in [-0.2, 0) is 26.2 Å². The van der Waals surface area contributed by atoms with Crippen LogP contribution in [0.4, 0.5) is 5.69 Å². The largest absolute Gasteiger partial charge is 0.354 e. The Hall–Kier alpha value is -2.10. The van der Waals surface area contributed by atoms with Crippen molar-refractivity contribution in [1.29, 1.82) is 0 Å². The van der Waals surface area contributed by atoms with E-state index in [1.54, 1.807) is 55.5 Å². The first-order valence-electron chi connectivity index (χ1n) is 10.6. The summed E-state index contributed by atoms with van der Waals surface area (Å²) in [6.07, 6.45) is 2.80. The molecular weight excluding hydrogens is 530 g/mol. The van der Waals surface area contributed by atoms with E-state index in [4.69, 9.17) is 11.6 Å². The maximum Gasteiger partial charge on any atom is 0.244 e. The van der Waals surface area contributed by atoms with Gasteiger partial charge in [-0.2, -0.15) is 0 Å². The van der Waals surface area contributed by atoms with Gasteiger partial charge in [-0.15, -0.1) is 0 Å². The van der Waals surface area contributed by atoms with E-state index >= 15 is 0 Å². The molecule has 1 unspecified atom stereocenters. The third-order valence-electron chi connectivity index (χ3n) is 5.06. The Kier molecular flexibility index (Phi) is 10.2. The zero-order valence-electron chi connectivity index (χ0n) is 18.9. The highest BCUT2D eigenvalue weighted by molar-refractivity contribution is 9.10. The molecule has 0 aliphatic rings. The molecule has 0 bridgehead atoms. The number of halogens is 2. The lowest BCUT2D eigenvalue weighted by atomic mass is 10.1. The molecule has 0 saturated heterocycles. The van der Waals surface area contributed by atoms with Gasteiger partial charge in [-0.25, -0.2) is 8.42 Å². The van der Waals surface area contributed by atoms with Gasteiger partial charge >= 0.3 is 0 Å². The van der Waals surface area contributed by atoms with Crippen molar-refractivity contribution >= 4 is 55.1 Å². The fourth-order valence-electron chi connectivity index (χ4n) is 3.15. The van der Waals surface area contributed by atoms with E-state index < -0.39 is 28.5 Å². The second-order valence-electron chi connectivity index (χ2n) is 7.69. The molecule has 0 aromatic heterocycles. The molecule has 7 nitrogen and oxygen atoms in total. The van der Waals surface area contributed by atoms with Crippen molar-refractivity contribution in [2.75, 3.05) is 23.7 Å². The molecule has 2 amide bonds. The van der Waals surface area contributed by atoms with Crippen LogP contribution >= 0.6 is 27.5 Å². The Morgan fingerprint density at radius 2 is 1.76 bits per heavy atom. The Morgan fingerprint density at radius 3 is 2.33 bits per heavy atom. The summed E-state index contributed by atoms with van der Waals surface area (Å²) < 4.78 is 26.7. The molecule has 2 aromatic carbocycles. The molecule has 0 radical (unpaired) electrons. The second kappa shape index (κ2) is 12.4. The molecule has 0 aliphatic carbocycles. The highest BCUT2D eigenvalue weighted by Crippen LogP contribution is 2.28. The molecule has 0 aliphatic heterocycles. The van der Waals surface area contributed by atoms with Gasteiger partial charge in [-0.3, -0.25) is 13.9 Å². The number of nitrogens with one attached hydrogen (secondary N) is 1. The highest BCUT2D eigenvalue weighted by Gasteiger charge is 2.30. The zero-order valence-corrected chi connectivity index (χ0v) is 22.1. The molecule has 0 saturated carbocycles. The lowest BCUT2D eigenvalue weighted by molar-refractivity contribution is -0.139. The van der Waals surface area contributed by atoms with E-state index in [1.807, 2.05) is 6.92 Å². The van der Waals surface area contributed by atoms with Crippen molar-refractivity contribution in [2.24, 2.45) is 0 Å². The van der Waals surface area contributed by atoms with E-state index in [0.717, 1.165) is 29.0 Å². The van der Waals surface area contributed by atoms with Crippen molar-refractivity contribution in [2.45, 2.75) is 39.3 Å². The molecule has 1 atom stereocenters. The van der Waals surface area contributed by atoms with Crippen LogP contribution < -0.4 is 9.62 Å². The summed E-state index contributed by atoms with van der Waals surface area (Å²) in [5.74, 6) is -0.790. The quantitative estimate of drug-likeness (QED) is 0.419. The minimum Gasteiger partial charge on any atom is -0.354 e. The lowest BCUT2D eigenvalue weighted by Gasteiger charge is -2.31. The summed E-state index contributed by atoms with van der Waals surface area (Å²) in [7, 11) is -3.77. The lowest BCUT2D eigenvalue weighted by Crippen LogP contribution is -2.51. The standard InChI is InChI=1S/C23H29BrClN3O4S/c1-4-5-14-26-23(30)17(2)27(15-18-10-12-19(25)13-11-18)22(29)16-28(33(3,31)32)21-9-7-6-8-20(21)24/h6-13,17H,4-5,14-16H2,1-3H3,(H,26,30). The number of hydrogen-bond donors (Lipinski definition) is 1. The van der Waals surface area contributed by atoms with E-state index in [-0.39, 0.29) is 12.5 Å². The number of anilines is 1. The van der Waals surface area contributed by atoms with Gasteiger partial charge in [0, 0.05) is 22.6 Å². The summed E-state index contributed by atoms with van der Waals surface area (Å²) >= 11 is 9.33. The number of sulfonamides is 1. The van der Waals surface area contributed by atoms with Crippen LogP contribution in [0.5, 0.6) is 0 Å². The van der Waals surface area contributed by atoms with E-state index in [0.29, 0.717) is 21.7 Å². The van der Waals surface area contributed by atoms with Crippen LogP contribution in [0.2, 0.25) is 5.02 Å². The van der Waals surface area contributed by atoms with Crippen LogP contribution in [-0.4, -0.2) is 50.5 Å². The van der Waals surface area contributed by atoms with Crippen molar-refractivity contribution in [1.82, 2.24) is 10.2 Å². The summed E-state index contributed by atoms with van der Waals surface area (Å²) in [5, 5.41) is 3.40. The van der Waals surface area contributed by atoms with Gasteiger partial charge in [0.2, 0.25) is 21.8 Å². The summed E-state index contributed by atoms with van der Waals surface area (Å²) in [5.41, 5.74) is 1.12. The molecule has 0 spiro atoms. The van der Waals surface area contributed by atoms with Crippen molar-refractivity contribution in [3.63, 3.8) is 0 Å². The van der Waals surface area contributed by atoms with Crippen molar-refractivity contribution in [3.8, 4) is 0 Å². The van der Waals surface area contributed by atoms with Gasteiger partial charge in [0.1, 0.15) is 12.6 Å². The van der Waals surface area contributed by atoms with Crippen molar-refractivity contribution in [3.05, 3.63) is 63.6 Å². The topological polar surface area (TPSA) is 86.8 Å². The summed E-state index contributed by atoms with van der Waals surface area (Å²) in [4.78, 5) is 27.6. The van der Waals surface area contributed by atoms with Crippen molar-refractivity contribution < 1.29 is 18.0 Å². The van der Waals surface area contributed by atoms with Crippen LogP contribution in [0.25, 0.3) is 0 Å². The predicted octanol–water partition coefficient (Wildman–Crippen LogP) is 4.20. The van der Waals surface area contributed by atoms with E-state index in [9.17, 15) is 18.0 Å². The van der Waals surface area contributed by atoms with Crippen LogP contribution in [0.3, 0.4) is 0 Å². The molecular formula is C23H29BrClN3O4S. The molecule has 2 rings (SSSR count). The van der Waals surface area contributed by atoms with Gasteiger partial charge in [0.25, 0.3) is 0 Å². The van der Waals surface area contributed by atoms with E-state index in [1.165, 1.54) is 4.90 Å². The third kappa shape index (κ3) is 8.01. The Labute approximate surface area is 209 Å². The summed E-state index contributed by atoms with van der Waals surface area (Å²) in [6.45, 7) is 3.86. The third-order valence-corrected chi connectivity index (χ3v) is 7.11. The minimum atomic E-state index is -3.77. The molecule has 2 aromatic rings. The first kappa shape index (κ1) is 27.1. The SMILES string of the molecule is CCCCNC(=O)C(C)N(Cc1ccc(Cl)cc1)C(=O)CN(c1ccccc1Br)S(C)(=O)=O. The monoisotopic (exact) mass is 557 g/mol. The minimum absolute atomic E-state index is 0.131. The Morgan fingerprint density at radius 1 is 1.12 bits per heavy atom. The molecule has 0 fully saturated rings. The molecule has 0 heterocycles. The van der Waals surface area contributed by atoms with Crippen LogP contribution in [0, 0.1) is 0 Å². The zero-order chi connectivity index (χ0) is 24.6. The average molecular weight is 559 g/mol. The van der Waals surface area contributed by atoms with Gasteiger partial charge in [0.05, 0.1) is 11.9 Å². The van der Waals surface area contributed by atoms with Gasteiger partial charge in [0.15, 0.2) is 0 Å². The smallest absolute Gasteiger partial charge is 0.244 e. The van der Waals surface area contributed by atoms with Gasteiger partial charge in [-0.05, 0) is 59.1 Å². The number of benzene rings is 2. The Balaban J connectivity index is 2.34. The summed E-state index contributed by atoms with van der Waals surface area (Å²) in [6, 6.07) is 12.9. The van der Waals surface area contributed by atoms with Gasteiger partial charge in [-0.1, -0.05) is 49.2 Å². The molecule has 180 valence electrons. The Bertz CT molecular complexity index is 1060.